The number of nitrogens with one attached hydrogen (secondary N) is 1. The first-order chi connectivity index (χ1) is 8.66. The molecule has 5 heteroatoms. The number of hydrogen-bond acceptors (Lipinski definition) is 2. The lowest BCUT2D eigenvalue weighted by molar-refractivity contribution is -0.146. The molecule has 1 saturated carbocycles. The van der Waals surface area contributed by atoms with Crippen LogP contribution >= 0.6 is 0 Å². The van der Waals surface area contributed by atoms with Gasteiger partial charge in [0.2, 0.25) is 0 Å². The third kappa shape index (κ3) is 3.37. The lowest BCUT2D eigenvalue weighted by Crippen LogP contribution is -2.56. The van der Waals surface area contributed by atoms with Gasteiger partial charge in [-0.2, -0.15) is 0 Å². The molecule has 0 unspecified atom stereocenters. The van der Waals surface area contributed by atoms with Gasteiger partial charge in [-0.05, 0) is 12.3 Å². The Morgan fingerprint density at radius 3 is 2.44 bits per heavy atom. The second-order valence-corrected chi connectivity index (χ2v) is 5.46. The number of carbonyl (C=O) groups is 2. The topological polar surface area (TPSA) is 69.6 Å². The van der Waals surface area contributed by atoms with Crippen molar-refractivity contribution in [1.29, 1.82) is 0 Å². The van der Waals surface area contributed by atoms with Crippen LogP contribution in [0.2, 0.25) is 0 Å². The molecule has 18 heavy (non-hydrogen) atoms. The largest absolute Gasteiger partial charge is 0.481 e. The Kier molecular flexibility index (Phi) is 4.44. The second-order valence-electron chi connectivity index (χ2n) is 5.46. The molecule has 2 amide bonds. The van der Waals surface area contributed by atoms with Crippen molar-refractivity contribution in [1.82, 2.24) is 10.2 Å². The first-order valence-corrected chi connectivity index (χ1v) is 6.92. The minimum Gasteiger partial charge on any atom is -0.481 e. The monoisotopic (exact) mass is 254 g/mol. The summed E-state index contributed by atoms with van der Waals surface area (Å²) in [6, 6.07) is -0.108. The van der Waals surface area contributed by atoms with Gasteiger partial charge in [0, 0.05) is 19.6 Å². The summed E-state index contributed by atoms with van der Waals surface area (Å²) in [6.07, 6.45) is 7.65. The Morgan fingerprint density at radius 1 is 1.17 bits per heavy atom. The van der Waals surface area contributed by atoms with E-state index in [4.69, 9.17) is 5.11 Å². The van der Waals surface area contributed by atoms with E-state index < -0.39 is 5.97 Å². The lowest BCUT2D eigenvalue weighted by Gasteiger charge is -2.36. The average Bonchev–Trinajstić information content (AvgIpc) is 2.28. The molecule has 2 rings (SSSR count). The fraction of sp³-hybridized carbons (Fsp3) is 0.846. The predicted octanol–water partition coefficient (Wildman–Crippen LogP) is 1.68. The molecule has 2 aliphatic rings. The molecular weight excluding hydrogens is 232 g/mol. The summed E-state index contributed by atoms with van der Waals surface area (Å²) in [4.78, 5) is 23.8. The number of urea groups is 1. The van der Waals surface area contributed by atoms with Crippen molar-refractivity contribution in [2.45, 2.75) is 38.5 Å². The molecule has 0 aromatic heterocycles. The number of carboxylic acids is 1. The van der Waals surface area contributed by atoms with E-state index in [1.807, 2.05) is 0 Å². The van der Waals surface area contributed by atoms with Crippen molar-refractivity contribution in [2.24, 2.45) is 11.8 Å². The SMILES string of the molecule is O=C(O)C1CN(C(=O)NCCC2CCCCC2)C1. The van der Waals surface area contributed by atoms with E-state index in [1.54, 1.807) is 4.90 Å². The third-order valence-electron chi connectivity index (χ3n) is 4.07. The zero-order chi connectivity index (χ0) is 13.0. The van der Waals surface area contributed by atoms with Crippen LogP contribution in [0, 0.1) is 11.8 Å². The molecular formula is C13H22N2O3. The third-order valence-corrected chi connectivity index (χ3v) is 4.07. The zero-order valence-corrected chi connectivity index (χ0v) is 10.7. The average molecular weight is 254 g/mol. The maximum Gasteiger partial charge on any atom is 0.317 e. The molecule has 2 N–H and O–H groups in total. The van der Waals surface area contributed by atoms with Gasteiger partial charge >= 0.3 is 12.0 Å². The smallest absolute Gasteiger partial charge is 0.317 e. The van der Waals surface area contributed by atoms with Crippen LogP contribution in [0.3, 0.4) is 0 Å². The molecule has 0 atom stereocenters. The minimum atomic E-state index is -0.804. The molecule has 1 heterocycles. The number of aliphatic carboxylic acids is 1. The molecule has 1 aliphatic carbocycles. The number of nitrogens with zero attached hydrogens (tertiary/aromatic N) is 1. The second kappa shape index (κ2) is 6.07. The number of carboxylic acid groups (broad SMARTS) is 1. The Bertz CT molecular complexity index is 307. The number of rotatable bonds is 4. The zero-order valence-electron chi connectivity index (χ0n) is 10.7. The fourth-order valence-electron chi connectivity index (χ4n) is 2.77. The van der Waals surface area contributed by atoms with Crippen LogP contribution in [0.5, 0.6) is 0 Å². The molecule has 2 fully saturated rings. The van der Waals surface area contributed by atoms with E-state index in [9.17, 15) is 9.59 Å². The van der Waals surface area contributed by atoms with E-state index in [-0.39, 0.29) is 11.9 Å². The highest BCUT2D eigenvalue weighted by Crippen LogP contribution is 2.25. The van der Waals surface area contributed by atoms with Crippen LogP contribution < -0.4 is 5.32 Å². The minimum absolute atomic E-state index is 0.108. The van der Waals surface area contributed by atoms with Crippen LogP contribution in [0.15, 0.2) is 0 Å². The first kappa shape index (κ1) is 13.2. The van der Waals surface area contributed by atoms with Crippen molar-refractivity contribution >= 4 is 12.0 Å². The van der Waals surface area contributed by atoms with Crippen LogP contribution in [-0.2, 0) is 4.79 Å². The van der Waals surface area contributed by atoms with Crippen molar-refractivity contribution in [3.8, 4) is 0 Å². The van der Waals surface area contributed by atoms with Gasteiger partial charge in [-0.15, -0.1) is 0 Å². The highest BCUT2D eigenvalue weighted by atomic mass is 16.4. The van der Waals surface area contributed by atoms with E-state index in [0.29, 0.717) is 13.1 Å². The quantitative estimate of drug-likeness (QED) is 0.802. The van der Waals surface area contributed by atoms with Gasteiger partial charge in [-0.1, -0.05) is 32.1 Å². The summed E-state index contributed by atoms with van der Waals surface area (Å²) in [7, 11) is 0. The van der Waals surface area contributed by atoms with Gasteiger partial charge in [0.25, 0.3) is 0 Å². The summed E-state index contributed by atoms with van der Waals surface area (Å²) in [5.74, 6) is -0.405. The molecule has 0 radical (unpaired) electrons. The maximum absolute atomic E-state index is 11.7. The molecule has 5 nitrogen and oxygen atoms in total. The van der Waals surface area contributed by atoms with Crippen LogP contribution in [0.25, 0.3) is 0 Å². The molecule has 1 saturated heterocycles. The van der Waals surface area contributed by atoms with Crippen LogP contribution in [-0.4, -0.2) is 41.6 Å². The Balaban J connectivity index is 1.57. The molecule has 102 valence electrons. The first-order valence-electron chi connectivity index (χ1n) is 6.92. The van der Waals surface area contributed by atoms with Gasteiger partial charge in [0.15, 0.2) is 0 Å². The van der Waals surface area contributed by atoms with Crippen molar-refractivity contribution in [3.05, 3.63) is 0 Å². The number of likely N-dealkylation sites (tertiary alicyclic amines) is 1. The van der Waals surface area contributed by atoms with E-state index in [1.165, 1.54) is 32.1 Å². The van der Waals surface area contributed by atoms with Gasteiger partial charge in [-0.3, -0.25) is 4.79 Å². The highest BCUT2D eigenvalue weighted by molar-refractivity contribution is 5.79. The molecule has 1 aliphatic heterocycles. The lowest BCUT2D eigenvalue weighted by atomic mass is 9.87. The van der Waals surface area contributed by atoms with E-state index >= 15 is 0 Å². The summed E-state index contributed by atoms with van der Waals surface area (Å²) >= 11 is 0. The molecule has 0 spiro atoms. The summed E-state index contributed by atoms with van der Waals surface area (Å²) in [5.41, 5.74) is 0. The Labute approximate surface area is 108 Å². The van der Waals surface area contributed by atoms with Crippen molar-refractivity contribution in [2.75, 3.05) is 19.6 Å². The van der Waals surface area contributed by atoms with Gasteiger partial charge in [-0.25, -0.2) is 4.79 Å². The van der Waals surface area contributed by atoms with Gasteiger partial charge < -0.3 is 15.3 Å². The Morgan fingerprint density at radius 2 is 1.83 bits per heavy atom. The van der Waals surface area contributed by atoms with Crippen LogP contribution in [0.1, 0.15) is 38.5 Å². The number of carbonyl (C=O) groups excluding carboxylic acids is 1. The van der Waals surface area contributed by atoms with E-state index in [2.05, 4.69) is 5.32 Å². The summed E-state index contributed by atoms with van der Waals surface area (Å²) in [6.45, 7) is 1.42. The van der Waals surface area contributed by atoms with Crippen molar-refractivity contribution in [3.63, 3.8) is 0 Å². The maximum atomic E-state index is 11.7. The van der Waals surface area contributed by atoms with Gasteiger partial charge in [0.1, 0.15) is 0 Å². The highest BCUT2D eigenvalue weighted by Gasteiger charge is 2.35. The standard InChI is InChI=1S/C13H22N2O3/c16-12(17)11-8-15(9-11)13(18)14-7-6-10-4-2-1-3-5-10/h10-11H,1-9H2,(H,14,18)(H,16,17). The van der Waals surface area contributed by atoms with E-state index in [0.717, 1.165) is 18.9 Å². The fourth-order valence-corrected chi connectivity index (χ4v) is 2.77. The summed E-state index contributed by atoms with van der Waals surface area (Å²) in [5, 5.41) is 11.6. The van der Waals surface area contributed by atoms with Gasteiger partial charge in [0.05, 0.1) is 5.92 Å². The predicted molar refractivity (Wildman–Crippen MR) is 67.3 cm³/mol. The summed E-state index contributed by atoms with van der Waals surface area (Å²) < 4.78 is 0. The number of amides is 2. The molecule has 0 aromatic carbocycles. The van der Waals surface area contributed by atoms with Crippen molar-refractivity contribution < 1.29 is 14.7 Å². The van der Waals surface area contributed by atoms with Crippen LogP contribution in [0.4, 0.5) is 4.79 Å². The Hall–Kier alpha value is -1.26. The molecule has 0 bridgehead atoms. The molecule has 0 aromatic rings. The number of hydrogen-bond donors (Lipinski definition) is 2. The normalized spacial score (nSPS) is 21.4.